The van der Waals surface area contributed by atoms with Crippen molar-refractivity contribution < 1.29 is 4.39 Å². The van der Waals surface area contributed by atoms with Gasteiger partial charge < -0.3 is 10.2 Å². The highest BCUT2D eigenvalue weighted by atomic mass is 19.1. The lowest BCUT2D eigenvalue weighted by atomic mass is 10.2. The van der Waals surface area contributed by atoms with E-state index in [1.54, 1.807) is 12.3 Å². The predicted molar refractivity (Wildman–Crippen MR) is 83.9 cm³/mol. The summed E-state index contributed by atoms with van der Waals surface area (Å²) in [5.41, 5.74) is 0.741. The summed E-state index contributed by atoms with van der Waals surface area (Å²) in [5, 5.41) is 3.28. The summed E-state index contributed by atoms with van der Waals surface area (Å²) in [6.45, 7) is 5.59. The summed E-state index contributed by atoms with van der Waals surface area (Å²) in [6.07, 6.45) is 7.99. The SMILES string of the molecule is CCCNCc1ccnc(N(CC2CC2)CC2CC2)c1F. The average molecular weight is 291 g/mol. The minimum atomic E-state index is -0.123. The number of nitrogens with zero attached hydrogens (tertiary/aromatic N) is 2. The maximum atomic E-state index is 14.7. The van der Waals surface area contributed by atoms with Crippen molar-refractivity contribution in [1.29, 1.82) is 0 Å². The Morgan fingerprint density at radius 3 is 2.48 bits per heavy atom. The van der Waals surface area contributed by atoms with Gasteiger partial charge in [-0.05, 0) is 56.6 Å². The normalized spacial score (nSPS) is 18.0. The van der Waals surface area contributed by atoms with Gasteiger partial charge in [0.25, 0.3) is 0 Å². The Bertz CT molecular complexity index is 455. The van der Waals surface area contributed by atoms with E-state index >= 15 is 0 Å². The summed E-state index contributed by atoms with van der Waals surface area (Å²) < 4.78 is 14.7. The summed E-state index contributed by atoms with van der Waals surface area (Å²) in [4.78, 5) is 6.55. The molecule has 0 amide bonds. The molecular formula is C17H26FN3. The molecule has 0 unspecified atom stereocenters. The van der Waals surface area contributed by atoms with Crippen LogP contribution in [0.15, 0.2) is 12.3 Å². The van der Waals surface area contributed by atoms with E-state index in [9.17, 15) is 4.39 Å². The van der Waals surface area contributed by atoms with Gasteiger partial charge in [-0.3, -0.25) is 0 Å². The van der Waals surface area contributed by atoms with Gasteiger partial charge in [0, 0.05) is 31.4 Å². The number of hydrogen-bond acceptors (Lipinski definition) is 3. The number of rotatable bonds is 9. The molecule has 2 saturated carbocycles. The van der Waals surface area contributed by atoms with E-state index in [-0.39, 0.29) is 5.82 Å². The number of anilines is 1. The number of pyridine rings is 1. The molecule has 0 bridgehead atoms. The molecule has 116 valence electrons. The van der Waals surface area contributed by atoms with Crippen LogP contribution in [0.1, 0.15) is 44.6 Å². The zero-order chi connectivity index (χ0) is 14.7. The smallest absolute Gasteiger partial charge is 0.170 e. The maximum absolute atomic E-state index is 14.7. The topological polar surface area (TPSA) is 28.2 Å². The molecule has 0 atom stereocenters. The third-order valence-electron chi connectivity index (χ3n) is 4.34. The molecule has 1 N–H and O–H groups in total. The Labute approximate surface area is 126 Å². The number of nitrogens with one attached hydrogen (secondary N) is 1. The summed E-state index contributed by atoms with van der Waals surface area (Å²) in [5.74, 6) is 1.96. The standard InChI is InChI=1S/C17H26FN3/c1-2-8-19-10-15-7-9-20-17(16(15)18)21(11-13-3-4-13)12-14-5-6-14/h7,9,13-14,19H,2-6,8,10-12H2,1H3. The van der Waals surface area contributed by atoms with E-state index in [4.69, 9.17) is 0 Å². The highest BCUT2D eigenvalue weighted by Crippen LogP contribution is 2.36. The molecule has 2 aliphatic rings. The first-order valence-electron chi connectivity index (χ1n) is 8.37. The van der Waals surface area contributed by atoms with Crippen LogP contribution in [0.3, 0.4) is 0 Å². The molecule has 0 aliphatic heterocycles. The molecule has 0 radical (unpaired) electrons. The Morgan fingerprint density at radius 1 is 1.24 bits per heavy atom. The molecule has 0 spiro atoms. The first-order chi connectivity index (χ1) is 10.3. The second kappa shape index (κ2) is 6.73. The van der Waals surface area contributed by atoms with Crippen molar-refractivity contribution in [2.75, 3.05) is 24.5 Å². The molecule has 1 aromatic rings. The van der Waals surface area contributed by atoms with E-state index in [1.165, 1.54) is 25.7 Å². The van der Waals surface area contributed by atoms with Gasteiger partial charge in [0.15, 0.2) is 11.6 Å². The van der Waals surface area contributed by atoms with Gasteiger partial charge in [0.1, 0.15) is 0 Å². The van der Waals surface area contributed by atoms with E-state index in [1.807, 2.05) is 0 Å². The van der Waals surface area contributed by atoms with Crippen LogP contribution >= 0.6 is 0 Å². The molecule has 4 heteroatoms. The van der Waals surface area contributed by atoms with Crippen LogP contribution in [-0.2, 0) is 6.54 Å². The molecule has 2 aliphatic carbocycles. The zero-order valence-corrected chi connectivity index (χ0v) is 12.9. The minimum Gasteiger partial charge on any atom is -0.354 e. The van der Waals surface area contributed by atoms with Crippen molar-refractivity contribution in [2.45, 2.75) is 45.6 Å². The molecule has 1 heterocycles. The van der Waals surface area contributed by atoms with Crippen molar-refractivity contribution in [1.82, 2.24) is 10.3 Å². The van der Waals surface area contributed by atoms with Gasteiger partial charge >= 0.3 is 0 Å². The number of aromatic nitrogens is 1. The predicted octanol–water partition coefficient (Wildman–Crippen LogP) is 3.35. The fourth-order valence-electron chi connectivity index (χ4n) is 2.70. The van der Waals surface area contributed by atoms with E-state index in [2.05, 4.69) is 22.1 Å². The Morgan fingerprint density at radius 2 is 1.90 bits per heavy atom. The number of hydrogen-bond donors (Lipinski definition) is 1. The van der Waals surface area contributed by atoms with Crippen molar-refractivity contribution in [3.8, 4) is 0 Å². The monoisotopic (exact) mass is 291 g/mol. The fourth-order valence-corrected chi connectivity index (χ4v) is 2.70. The van der Waals surface area contributed by atoms with Crippen molar-refractivity contribution in [3.63, 3.8) is 0 Å². The molecule has 1 aromatic heterocycles. The first kappa shape index (κ1) is 14.8. The van der Waals surface area contributed by atoms with Crippen LogP contribution in [0.5, 0.6) is 0 Å². The first-order valence-corrected chi connectivity index (χ1v) is 8.37. The van der Waals surface area contributed by atoms with Gasteiger partial charge in [0.2, 0.25) is 0 Å². The largest absolute Gasteiger partial charge is 0.354 e. The lowest BCUT2D eigenvalue weighted by Gasteiger charge is -2.25. The second-order valence-corrected chi connectivity index (χ2v) is 6.58. The molecule has 21 heavy (non-hydrogen) atoms. The van der Waals surface area contributed by atoms with Crippen LogP contribution in [0.2, 0.25) is 0 Å². The molecule has 0 saturated heterocycles. The third kappa shape index (κ3) is 4.16. The van der Waals surface area contributed by atoms with Gasteiger partial charge in [-0.1, -0.05) is 6.92 Å². The zero-order valence-electron chi connectivity index (χ0n) is 12.9. The highest BCUT2D eigenvalue weighted by molar-refractivity contribution is 5.43. The Kier molecular flexibility index (Phi) is 4.73. The molecular weight excluding hydrogens is 265 g/mol. The minimum absolute atomic E-state index is 0.123. The molecule has 3 rings (SSSR count). The second-order valence-electron chi connectivity index (χ2n) is 6.58. The van der Waals surface area contributed by atoms with E-state index in [0.717, 1.165) is 43.5 Å². The van der Waals surface area contributed by atoms with Crippen LogP contribution in [0, 0.1) is 17.7 Å². The van der Waals surface area contributed by atoms with Crippen LogP contribution in [-0.4, -0.2) is 24.6 Å². The van der Waals surface area contributed by atoms with Gasteiger partial charge in [-0.15, -0.1) is 0 Å². The fraction of sp³-hybridized carbons (Fsp3) is 0.706. The van der Waals surface area contributed by atoms with E-state index in [0.29, 0.717) is 12.4 Å². The quantitative estimate of drug-likeness (QED) is 0.707. The summed E-state index contributed by atoms with van der Waals surface area (Å²) in [6, 6.07) is 1.80. The Hall–Kier alpha value is -1.16. The average Bonchev–Trinajstić information content (AvgIpc) is 3.36. The highest BCUT2D eigenvalue weighted by Gasteiger charge is 2.31. The third-order valence-corrected chi connectivity index (χ3v) is 4.34. The van der Waals surface area contributed by atoms with Gasteiger partial charge in [-0.25, -0.2) is 9.37 Å². The van der Waals surface area contributed by atoms with Crippen LogP contribution < -0.4 is 10.2 Å². The molecule has 0 aromatic carbocycles. The lowest BCUT2D eigenvalue weighted by molar-refractivity contribution is 0.565. The van der Waals surface area contributed by atoms with Crippen LogP contribution in [0.25, 0.3) is 0 Å². The summed E-state index contributed by atoms with van der Waals surface area (Å²) in [7, 11) is 0. The van der Waals surface area contributed by atoms with Crippen molar-refractivity contribution in [3.05, 3.63) is 23.6 Å². The van der Waals surface area contributed by atoms with Crippen molar-refractivity contribution >= 4 is 5.82 Å². The summed E-state index contributed by atoms with van der Waals surface area (Å²) >= 11 is 0. The number of halogens is 1. The lowest BCUT2D eigenvalue weighted by Crippen LogP contribution is -2.30. The maximum Gasteiger partial charge on any atom is 0.170 e. The molecule has 2 fully saturated rings. The van der Waals surface area contributed by atoms with Crippen LogP contribution in [0.4, 0.5) is 10.2 Å². The Balaban J connectivity index is 1.72. The molecule has 3 nitrogen and oxygen atoms in total. The van der Waals surface area contributed by atoms with Gasteiger partial charge in [-0.2, -0.15) is 0 Å². The van der Waals surface area contributed by atoms with E-state index < -0.39 is 0 Å². The van der Waals surface area contributed by atoms with Gasteiger partial charge in [0.05, 0.1) is 0 Å². The van der Waals surface area contributed by atoms with Crippen molar-refractivity contribution in [2.24, 2.45) is 11.8 Å².